The summed E-state index contributed by atoms with van der Waals surface area (Å²) in [7, 11) is 0. The first-order chi connectivity index (χ1) is 9.58. The predicted octanol–water partition coefficient (Wildman–Crippen LogP) is -0.00660. The van der Waals surface area contributed by atoms with Gasteiger partial charge in [0.2, 0.25) is 5.91 Å². The van der Waals surface area contributed by atoms with E-state index >= 15 is 0 Å². The number of carboxylic acid groups (broad SMARTS) is 1. The predicted molar refractivity (Wildman–Crippen MR) is 75.5 cm³/mol. The van der Waals surface area contributed by atoms with Gasteiger partial charge in [0.25, 0.3) is 0 Å². The van der Waals surface area contributed by atoms with E-state index < -0.39 is 12.0 Å². The van der Waals surface area contributed by atoms with Crippen molar-refractivity contribution in [1.29, 1.82) is 0 Å². The molecule has 2 aliphatic rings. The minimum absolute atomic E-state index is 0.236. The summed E-state index contributed by atoms with van der Waals surface area (Å²) in [5.41, 5.74) is 0. The van der Waals surface area contributed by atoms with Gasteiger partial charge >= 0.3 is 5.97 Å². The fourth-order valence-corrected chi connectivity index (χ4v) is 2.98. The zero-order valence-corrected chi connectivity index (χ0v) is 12.2. The van der Waals surface area contributed by atoms with Crippen LogP contribution in [0.25, 0.3) is 0 Å². The number of hydrogen-bond acceptors (Lipinski definition) is 4. The minimum atomic E-state index is -0.792. The van der Waals surface area contributed by atoms with Gasteiger partial charge in [-0.25, -0.2) is 0 Å². The lowest BCUT2D eigenvalue weighted by Gasteiger charge is -2.37. The van der Waals surface area contributed by atoms with Gasteiger partial charge in [-0.2, -0.15) is 0 Å². The highest BCUT2D eigenvalue weighted by atomic mass is 16.4. The van der Waals surface area contributed by atoms with Crippen LogP contribution in [0.1, 0.15) is 26.2 Å². The zero-order valence-electron chi connectivity index (χ0n) is 12.2. The molecule has 20 heavy (non-hydrogen) atoms. The van der Waals surface area contributed by atoms with E-state index in [0.29, 0.717) is 38.5 Å². The van der Waals surface area contributed by atoms with E-state index in [9.17, 15) is 9.59 Å². The Bertz CT molecular complexity index is 348. The third kappa shape index (κ3) is 3.93. The number of amides is 1. The maximum Gasteiger partial charge on any atom is 0.320 e. The Labute approximate surface area is 120 Å². The lowest BCUT2D eigenvalue weighted by molar-refractivity contribution is -0.144. The highest BCUT2D eigenvalue weighted by Gasteiger charge is 2.28. The van der Waals surface area contributed by atoms with Crippen LogP contribution in [0, 0.1) is 5.92 Å². The van der Waals surface area contributed by atoms with E-state index in [2.05, 4.69) is 5.32 Å². The quantitative estimate of drug-likeness (QED) is 0.759. The smallest absolute Gasteiger partial charge is 0.320 e. The maximum atomic E-state index is 12.2. The van der Waals surface area contributed by atoms with Gasteiger partial charge in [0.15, 0.2) is 0 Å². The van der Waals surface area contributed by atoms with Crippen molar-refractivity contribution in [3.05, 3.63) is 0 Å². The molecule has 0 aromatic heterocycles. The van der Waals surface area contributed by atoms with Crippen molar-refractivity contribution >= 4 is 11.9 Å². The molecule has 0 aliphatic carbocycles. The third-order valence-electron chi connectivity index (χ3n) is 4.49. The van der Waals surface area contributed by atoms with E-state index in [1.165, 1.54) is 0 Å². The molecule has 2 N–H and O–H groups in total. The average Bonchev–Trinajstić information content (AvgIpc) is 2.47. The van der Waals surface area contributed by atoms with Crippen molar-refractivity contribution in [1.82, 2.24) is 15.1 Å². The fraction of sp³-hybridized carbons (Fsp3) is 0.857. The van der Waals surface area contributed by atoms with Gasteiger partial charge in [-0.15, -0.1) is 0 Å². The molecule has 0 saturated carbocycles. The Morgan fingerprint density at radius 3 is 2.35 bits per heavy atom. The Kier molecular flexibility index (Phi) is 5.37. The van der Waals surface area contributed by atoms with E-state index in [1.54, 1.807) is 6.92 Å². The molecule has 1 unspecified atom stereocenters. The highest BCUT2D eigenvalue weighted by molar-refractivity contribution is 5.76. The molecule has 0 aromatic rings. The first kappa shape index (κ1) is 15.3. The summed E-state index contributed by atoms with van der Waals surface area (Å²) in [4.78, 5) is 27.0. The fourth-order valence-electron chi connectivity index (χ4n) is 2.98. The molecular formula is C14H25N3O3. The molecule has 0 aromatic carbocycles. The first-order valence-corrected chi connectivity index (χ1v) is 7.53. The van der Waals surface area contributed by atoms with Crippen LogP contribution in [0.2, 0.25) is 0 Å². The molecule has 1 amide bonds. The van der Waals surface area contributed by atoms with Gasteiger partial charge in [0, 0.05) is 32.6 Å². The van der Waals surface area contributed by atoms with Crippen molar-refractivity contribution in [2.75, 3.05) is 39.3 Å². The summed E-state index contributed by atoms with van der Waals surface area (Å²) in [6.45, 7) is 6.36. The minimum Gasteiger partial charge on any atom is -0.480 e. The molecule has 0 radical (unpaired) electrons. The van der Waals surface area contributed by atoms with Gasteiger partial charge in [-0.3, -0.25) is 14.5 Å². The number of piperazine rings is 1. The van der Waals surface area contributed by atoms with Crippen molar-refractivity contribution in [3.8, 4) is 0 Å². The maximum absolute atomic E-state index is 12.2. The summed E-state index contributed by atoms with van der Waals surface area (Å²) >= 11 is 0. The average molecular weight is 283 g/mol. The molecule has 6 nitrogen and oxygen atoms in total. The number of aliphatic carboxylic acids is 1. The number of rotatable bonds is 4. The standard InChI is InChI=1S/C14H25N3O3/c1-11(14(19)20)16-6-8-17(9-7-16)13(18)10-12-2-4-15-5-3-12/h11-12,15H,2-10H2,1H3,(H,19,20). The molecule has 1 atom stereocenters. The normalized spacial score (nSPS) is 23.6. The van der Waals surface area contributed by atoms with Gasteiger partial charge in [-0.1, -0.05) is 0 Å². The van der Waals surface area contributed by atoms with Crippen molar-refractivity contribution < 1.29 is 14.7 Å². The highest BCUT2D eigenvalue weighted by Crippen LogP contribution is 2.18. The SMILES string of the molecule is CC(C(=O)O)N1CCN(C(=O)CC2CCNCC2)CC1. The molecule has 6 heteroatoms. The lowest BCUT2D eigenvalue weighted by atomic mass is 9.94. The van der Waals surface area contributed by atoms with Gasteiger partial charge < -0.3 is 15.3 Å². The summed E-state index contributed by atoms with van der Waals surface area (Å²) in [5.74, 6) is -0.0428. The summed E-state index contributed by atoms with van der Waals surface area (Å²) in [6.07, 6.45) is 2.82. The Balaban J connectivity index is 1.75. The second kappa shape index (κ2) is 7.04. The third-order valence-corrected chi connectivity index (χ3v) is 4.49. The second-order valence-corrected chi connectivity index (χ2v) is 5.83. The van der Waals surface area contributed by atoms with E-state index in [4.69, 9.17) is 5.11 Å². The molecule has 2 aliphatic heterocycles. The number of nitrogens with one attached hydrogen (secondary N) is 1. The Morgan fingerprint density at radius 2 is 1.80 bits per heavy atom. The van der Waals surface area contributed by atoms with Crippen LogP contribution in [0.5, 0.6) is 0 Å². The molecule has 114 valence electrons. The summed E-state index contributed by atoms with van der Waals surface area (Å²) in [5, 5.41) is 12.3. The number of carbonyl (C=O) groups is 2. The van der Waals surface area contributed by atoms with Crippen LogP contribution in [0.15, 0.2) is 0 Å². The van der Waals surface area contributed by atoms with Crippen molar-refractivity contribution in [2.45, 2.75) is 32.2 Å². The second-order valence-electron chi connectivity index (χ2n) is 5.83. The number of piperidine rings is 1. The van der Waals surface area contributed by atoms with Crippen LogP contribution in [-0.2, 0) is 9.59 Å². The van der Waals surface area contributed by atoms with Crippen LogP contribution >= 0.6 is 0 Å². The lowest BCUT2D eigenvalue weighted by Crippen LogP contribution is -2.53. The molecule has 2 rings (SSSR count). The summed E-state index contributed by atoms with van der Waals surface area (Å²) in [6, 6.07) is -0.461. The topological polar surface area (TPSA) is 72.9 Å². The molecule has 2 saturated heterocycles. The monoisotopic (exact) mass is 283 g/mol. The van der Waals surface area contributed by atoms with Crippen LogP contribution in [0.3, 0.4) is 0 Å². The number of carbonyl (C=O) groups excluding carboxylic acids is 1. The largest absolute Gasteiger partial charge is 0.480 e. The Hall–Kier alpha value is -1.14. The number of nitrogens with zero attached hydrogens (tertiary/aromatic N) is 2. The van der Waals surface area contributed by atoms with Crippen LogP contribution in [0.4, 0.5) is 0 Å². The van der Waals surface area contributed by atoms with E-state index in [0.717, 1.165) is 25.9 Å². The molecule has 2 heterocycles. The number of hydrogen-bond donors (Lipinski definition) is 2. The molecule has 0 bridgehead atoms. The van der Waals surface area contributed by atoms with Crippen molar-refractivity contribution in [2.24, 2.45) is 5.92 Å². The molecule has 2 fully saturated rings. The molecular weight excluding hydrogens is 258 g/mol. The van der Waals surface area contributed by atoms with E-state index in [-0.39, 0.29) is 5.91 Å². The number of carboxylic acids is 1. The van der Waals surface area contributed by atoms with Gasteiger partial charge in [0.05, 0.1) is 0 Å². The van der Waals surface area contributed by atoms with Crippen LogP contribution < -0.4 is 5.32 Å². The zero-order chi connectivity index (χ0) is 14.5. The summed E-state index contributed by atoms with van der Waals surface area (Å²) < 4.78 is 0. The first-order valence-electron chi connectivity index (χ1n) is 7.53. The Morgan fingerprint density at radius 1 is 1.20 bits per heavy atom. The van der Waals surface area contributed by atoms with Crippen molar-refractivity contribution in [3.63, 3.8) is 0 Å². The van der Waals surface area contributed by atoms with Gasteiger partial charge in [-0.05, 0) is 38.8 Å². The molecule has 0 spiro atoms. The van der Waals surface area contributed by atoms with Gasteiger partial charge in [0.1, 0.15) is 6.04 Å². The van der Waals surface area contributed by atoms with Crippen LogP contribution in [-0.4, -0.2) is 72.1 Å². The van der Waals surface area contributed by atoms with E-state index in [1.807, 2.05) is 9.80 Å².